The summed E-state index contributed by atoms with van der Waals surface area (Å²) >= 11 is 2.11. The summed E-state index contributed by atoms with van der Waals surface area (Å²) in [6, 6.07) is 7.37. The highest BCUT2D eigenvalue weighted by Gasteiger charge is 2.18. The minimum atomic E-state index is -0.813. The van der Waals surface area contributed by atoms with Gasteiger partial charge in [0.25, 0.3) is 0 Å². The summed E-state index contributed by atoms with van der Waals surface area (Å²) in [5.41, 5.74) is 2.08. The molecule has 0 spiro atoms. The molecule has 5 heteroatoms. The third-order valence-electron chi connectivity index (χ3n) is 2.72. The van der Waals surface area contributed by atoms with Crippen molar-refractivity contribution in [1.82, 2.24) is 10.3 Å². The van der Waals surface area contributed by atoms with Gasteiger partial charge >= 0.3 is 5.97 Å². The average molecular weight is 344 g/mol. The third-order valence-corrected chi connectivity index (χ3v) is 3.16. The third kappa shape index (κ3) is 2.78. The summed E-state index contributed by atoms with van der Waals surface area (Å²) in [4.78, 5) is 14.2. The second-order valence-corrected chi connectivity index (χ2v) is 4.55. The molecule has 2 aromatic rings. The molecule has 0 saturated heterocycles. The molecule has 1 aromatic carbocycles. The quantitative estimate of drug-likeness (QED) is 0.442. The number of hydrogen-bond acceptors (Lipinski definition) is 2. The van der Waals surface area contributed by atoms with E-state index in [2.05, 4.69) is 32.9 Å². The van der Waals surface area contributed by atoms with Crippen molar-refractivity contribution in [2.45, 2.75) is 12.5 Å². The number of rotatable bonds is 5. The number of alkyl halides is 1. The fraction of sp³-hybridized carbons (Fsp3) is 0.250. The SMILES string of the molecule is O=C(O)[C@@H](Cc1c[nH]c2ccccc12)NCI. The van der Waals surface area contributed by atoms with Gasteiger partial charge in [-0.3, -0.25) is 10.1 Å². The van der Waals surface area contributed by atoms with Crippen molar-refractivity contribution in [1.29, 1.82) is 0 Å². The van der Waals surface area contributed by atoms with Gasteiger partial charge in [-0.1, -0.05) is 40.8 Å². The van der Waals surface area contributed by atoms with E-state index in [9.17, 15) is 4.79 Å². The predicted octanol–water partition coefficient (Wildman–Crippen LogP) is 2.15. The number of halogens is 1. The summed E-state index contributed by atoms with van der Waals surface area (Å²) in [6.45, 7) is 0. The minimum Gasteiger partial charge on any atom is -0.480 e. The molecule has 0 unspecified atom stereocenters. The molecule has 0 radical (unpaired) electrons. The Morgan fingerprint density at radius 2 is 2.24 bits per heavy atom. The topological polar surface area (TPSA) is 65.1 Å². The molecular formula is C12H13IN2O2. The lowest BCUT2D eigenvalue weighted by Crippen LogP contribution is -2.37. The first-order valence-corrected chi connectivity index (χ1v) is 6.82. The fourth-order valence-electron chi connectivity index (χ4n) is 1.86. The van der Waals surface area contributed by atoms with Gasteiger partial charge in [0.15, 0.2) is 0 Å². The number of aromatic amines is 1. The van der Waals surface area contributed by atoms with Gasteiger partial charge in [-0.15, -0.1) is 0 Å². The lowest BCUT2D eigenvalue weighted by molar-refractivity contribution is -0.139. The summed E-state index contributed by atoms with van der Waals surface area (Å²) in [7, 11) is 0. The van der Waals surface area contributed by atoms with E-state index in [4.69, 9.17) is 5.11 Å². The Bertz CT molecular complexity index is 524. The lowest BCUT2D eigenvalue weighted by Gasteiger charge is -2.11. The Hall–Kier alpha value is -1.08. The van der Waals surface area contributed by atoms with Gasteiger partial charge in [-0.25, -0.2) is 0 Å². The molecular weight excluding hydrogens is 331 g/mol. The van der Waals surface area contributed by atoms with E-state index in [-0.39, 0.29) is 0 Å². The standard InChI is InChI=1S/C12H13IN2O2/c13-7-15-11(12(16)17)5-8-6-14-10-4-2-1-3-9(8)10/h1-4,6,11,14-15H,5,7H2,(H,16,17)/t11-/m1/s1. The van der Waals surface area contributed by atoms with E-state index in [1.54, 1.807) is 0 Å². The zero-order valence-corrected chi connectivity index (χ0v) is 11.3. The molecule has 1 heterocycles. The van der Waals surface area contributed by atoms with Crippen molar-refractivity contribution in [2.24, 2.45) is 0 Å². The number of hydrogen-bond donors (Lipinski definition) is 3. The number of aromatic nitrogens is 1. The molecule has 1 atom stereocenters. The summed E-state index contributed by atoms with van der Waals surface area (Å²) < 4.78 is 0.622. The number of nitrogens with one attached hydrogen (secondary N) is 2. The van der Waals surface area contributed by atoms with Crippen LogP contribution < -0.4 is 5.32 Å². The molecule has 2 rings (SSSR count). The van der Waals surface area contributed by atoms with Crippen molar-refractivity contribution in [3.05, 3.63) is 36.0 Å². The van der Waals surface area contributed by atoms with Gasteiger partial charge in [0.1, 0.15) is 6.04 Å². The monoisotopic (exact) mass is 344 g/mol. The Morgan fingerprint density at radius 3 is 2.94 bits per heavy atom. The van der Waals surface area contributed by atoms with Crippen LogP contribution >= 0.6 is 22.6 Å². The zero-order chi connectivity index (χ0) is 12.3. The normalized spacial score (nSPS) is 12.8. The van der Waals surface area contributed by atoms with E-state index < -0.39 is 12.0 Å². The van der Waals surface area contributed by atoms with Gasteiger partial charge in [0.05, 0.1) is 0 Å². The molecule has 4 nitrogen and oxygen atoms in total. The van der Waals surface area contributed by atoms with Crippen LogP contribution in [0.15, 0.2) is 30.5 Å². The van der Waals surface area contributed by atoms with Gasteiger partial charge in [-0.05, 0) is 11.6 Å². The Balaban J connectivity index is 2.25. The second kappa shape index (κ2) is 5.50. The first-order chi connectivity index (χ1) is 8.22. The van der Waals surface area contributed by atoms with Crippen molar-refractivity contribution in [3.8, 4) is 0 Å². The number of H-pyrrole nitrogens is 1. The maximum absolute atomic E-state index is 11.1. The maximum atomic E-state index is 11.1. The predicted molar refractivity (Wildman–Crippen MR) is 75.4 cm³/mol. The van der Waals surface area contributed by atoms with Crippen molar-refractivity contribution < 1.29 is 9.90 Å². The highest BCUT2D eigenvalue weighted by molar-refractivity contribution is 14.1. The largest absolute Gasteiger partial charge is 0.480 e. The molecule has 0 aliphatic carbocycles. The number of benzene rings is 1. The van der Waals surface area contributed by atoms with Crippen molar-refractivity contribution >= 4 is 39.5 Å². The number of fused-ring (bicyclic) bond motifs is 1. The maximum Gasteiger partial charge on any atom is 0.321 e. The van der Waals surface area contributed by atoms with E-state index in [0.717, 1.165) is 16.5 Å². The molecule has 0 bridgehead atoms. The second-order valence-electron chi connectivity index (χ2n) is 3.79. The van der Waals surface area contributed by atoms with Crippen LogP contribution in [0.1, 0.15) is 5.56 Å². The minimum absolute atomic E-state index is 0.488. The Labute approximate surface area is 113 Å². The van der Waals surface area contributed by atoms with E-state index >= 15 is 0 Å². The highest BCUT2D eigenvalue weighted by atomic mass is 127. The molecule has 3 N–H and O–H groups in total. The molecule has 90 valence electrons. The van der Waals surface area contributed by atoms with Crippen LogP contribution in [0.3, 0.4) is 0 Å². The first kappa shape index (κ1) is 12.4. The van der Waals surface area contributed by atoms with Crippen molar-refractivity contribution in [3.63, 3.8) is 0 Å². The van der Waals surface area contributed by atoms with Crippen LogP contribution in [0.4, 0.5) is 0 Å². The molecule has 17 heavy (non-hydrogen) atoms. The molecule has 0 amide bonds. The molecule has 0 aliphatic heterocycles. The average Bonchev–Trinajstić information content (AvgIpc) is 2.72. The van der Waals surface area contributed by atoms with E-state index in [0.29, 0.717) is 11.0 Å². The number of carboxylic acid groups (broad SMARTS) is 1. The van der Waals surface area contributed by atoms with Crippen LogP contribution in [-0.2, 0) is 11.2 Å². The van der Waals surface area contributed by atoms with Gasteiger partial charge in [-0.2, -0.15) is 0 Å². The number of aliphatic carboxylic acids is 1. The molecule has 0 saturated carbocycles. The Kier molecular flexibility index (Phi) is 4.01. The highest BCUT2D eigenvalue weighted by Crippen LogP contribution is 2.19. The Morgan fingerprint density at radius 1 is 1.47 bits per heavy atom. The van der Waals surface area contributed by atoms with Crippen molar-refractivity contribution in [2.75, 3.05) is 4.55 Å². The number of para-hydroxylation sites is 1. The summed E-state index contributed by atoms with van der Waals surface area (Å²) in [6.07, 6.45) is 2.37. The fourth-order valence-corrected chi connectivity index (χ4v) is 2.39. The van der Waals surface area contributed by atoms with E-state index in [1.165, 1.54) is 0 Å². The number of carboxylic acids is 1. The van der Waals surface area contributed by atoms with E-state index in [1.807, 2.05) is 30.5 Å². The number of carbonyl (C=O) groups is 1. The van der Waals surface area contributed by atoms with Gasteiger partial charge < -0.3 is 10.1 Å². The smallest absolute Gasteiger partial charge is 0.321 e. The molecule has 0 aliphatic rings. The zero-order valence-electron chi connectivity index (χ0n) is 9.11. The summed E-state index contributed by atoms with van der Waals surface area (Å²) in [5, 5.41) is 13.1. The van der Waals surface area contributed by atoms with Crippen LogP contribution in [0, 0.1) is 0 Å². The summed E-state index contributed by atoms with van der Waals surface area (Å²) in [5.74, 6) is -0.813. The molecule has 0 fully saturated rings. The van der Waals surface area contributed by atoms with Crippen LogP contribution in [0.2, 0.25) is 0 Å². The van der Waals surface area contributed by atoms with Gasteiger partial charge in [0, 0.05) is 28.1 Å². The van der Waals surface area contributed by atoms with Crippen LogP contribution in [0.5, 0.6) is 0 Å². The van der Waals surface area contributed by atoms with Crippen LogP contribution in [0.25, 0.3) is 10.9 Å². The first-order valence-electron chi connectivity index (χ1n) is 5.29. The van der Waals surface area contributed by atoms with Gasteiger partial charge in [0.2, 0.25) is 0 Å². The van der Waals surface area contributed by atoms with Crippen LogP contribution in [-0.4, -0.2) is 26.7 Å². The molecule has 1 aromatic heterocycles. The lowest BCUT2D eigenvalue weighted by atomic mass is 10.1.